The molecule has 3 aromatic rings. The Morgan fingerprint density at radius 1 is 0.943 bits per heavy atom. The molecular weight excluding hydrogens is 537 g/mol. The van der Waals surface area contributed by atoms with Crippen molar-refractivity contribution in [2.45, 2.75) is 18.7 Å². The molecule has 0 aliphatic heterocycles. The van der Waals surface area contributed by atoms with Crippen molar-refractivity contribution in [2.24, 2.45) is 0 Å². The van der Waals surface area contributed by atoms with E-state index < -0.39 is 32.5 Å². The standard InChI is InChI=1S/C21H21Cl2N5O5S2/c1-13-10-14(2)25-21(24-13)27-35(32,33)17-7-5-16(6-8-17)26-20(29)12-28(34(3,30)31)19-11-15(22)4-9-18(19)23/h4-11H,12H2,1-3H3,(H,26,29)(H,24,25,27). The van der Waals surface area contributed by atoms with Gasteiger partial charge >= 0.3 is 0 Å². The predicted molar refractivity (Wildman–Crippen MR) is 136 cm³/mol. The van der Waals surface area contributed by atoms with Crippen molar-refractivity contribution in [2.75, 3.05) is 27.1 Å². The Kier molecular flexibility index (Phi) is 7.90. The molecule has 0 saturated carbocycles. The quantitative estimate of drug-likeness (QED) is 0.431. The van der Waals surface area contributed by atoms with Crippen LogP contribution in [0, 0.1) is 13.8 Å². The number of nitrogens with zero attached hydrogens (tertiary/aromatic N) is 3. The van der Waals surface area contributed by atoms with Gasteiger partial charge in [0.05, 0.1) is 21.9 Å². The third-order valence-electron chi connectivity index (χ3n) is 4.52. The molecule has 35 heavy (non-hydrogen) atoms. The number of aromatic nitrogens is 2. The molecule has 3 rings (SSSR count). The molecule has 0 aliphatic carbocycles. The van der Waals surface area contributed by atoms with Crippen molar-refractivity contribution in [3.8, 4) is 0 Å². The van der Waals surface area contributed by atoms with Crippen LogP contribution in [0.3, 0.4) is 0 Å². The fourth-order valence-corrected chi connectivity index (χ4v) is 5.30. The molecule has 0 atom stereocenters. The van der Waals surface area contributed by atoms with E-state index in [1.165, 1.54) is 42.5 Å². The van der Waals surface area contributed by atoms with Crippen LogP contribution in [0.25, 0.3) is 0 Å². The third-order valence-corrected chi connectivity index (χ3v) is 7.55. The summed E-state index contributed by atoms with van der Waals surface area (Å²) >= 11 is 12.1. The van der Waals surface area contributed by atoms with Gasteiger partial charge in [0.1, 0.15) is 6.54 Å². The van der Waals surface area contributed by atoms with Crippen LogP contribution >= 0.6 is 23.2 Å². The highest BCUT2D eigenvalue weighted by Crippen LogP contribution is 2.30. The maximum atomic E-state index is 12.7. The summed E-state index contributed by atoms with van der Waals surface area (Å²) in [6, 6.07) is 11.3. The number of carbonyl (C=O) groups is 1. The molecule has 0 aliphatic rings. The monoisotopic (exact) mass is 557 g/mol. The van der Waals surface area contributed by atoms with Crippen LogP contribution in [0.1, 0.15) is 11.4 Å². The second-order valence-electron chi connectivity index (χ2n) is 7.52. The Morgan fingerprint density at radius 3 is 2.11 bits per heavy atom. The Balaban J connectivity index is 1.75. The normalized spacial score (nSPS) is 11.7. The summed E-state index contributed by atoms with van der Waals surface area (Å²) in [4.78, 5) is 20.6. The summed E-state index contributed by atoms with van der Waals surface area (Å²) in [5, 5.41) is 2.88. The lowest BCUT2D eigenvalue weighted by molar-refractivity contribution is -0.114. The highest BCUT2D eigenvalue weighted by atomic mass is 35.5. The molecule has 2 N–H and O–H groups in total. The highest BCUT2D eigenvalue weighted by Gasteiger charge is 2.24. The van der Waals surface area contributed by atoms with E-state index in [0.29, 0.717) is 11.4 Å². The van der Waals surface area contributed by atoms with Crippen molar-refractivity contribution in [1.82, 2.24) is 9.97 Å². The van der Waals surface area contributed by atoms with E-state index >= 15 is 0 Å². The molecular formula is C21H21Cl2N5O5S2. The molecule has 10 nitrogen and oxygen atoms in total. The molecule has 0 bridgehead atoms. The summed E-state index contributed by atoms with van der Waals surface area (Å²) in [5.41, 5.74) is 1.52. The molecule has 2 aromatic carbocycles. The Labute approximate surface area is 213 Å². The topological polar surface area (TPSA) is 138 Å². The molecule has 0 fully saturated rings. The zero-order chi connectivity index (χ0) is 26.0. The lowest BCUT2D eigenvalue weighted by atomic mass is 10.3. The smallest absolute Gasteiger partial charge is 0.264 e. The molecule has 1 heterocycles. The second-order valence-corrected chi connectivity index (χ2v) is 12.0. The average Bonchev–Trinajstić information content (AvgIpc) is 2.72. The Hall–Kier alpha value is -2.93. The van der Waals surface area contributed by atoms with Crippen LogP contribution in [0.15, 0.2) is 53.4 Å². The number of hydrogen-bond acceptors (Lipinski definition) is 7. The highest BCUT2D eigenvalue weighted by molar-refractivity contribution is 7.92. The lowest BCUT2D eigenvalue weighted by Gasteiger charge is -2.23. The van der Waals surface area contributed by atoms with E-state index in [4.69, 9.17) is 23.2 Å². The van der Waals surface area contributed by atoms with E-state index in [0.717, 1.165) is 10.6 Å². The van der Waals surface area contributed by atoms with Crippen molar-refractivity contribution in [3.63, 3.8) is 0 Å². The molecule has 0 saturated heterocycles. The number of anilines is 3. The molecule has 186 valence electrons. The lowest BCUT2D eigenvalue weighted by Crippen LogP contribution is -2.37. The van der Waals surface area contributed by atoms with Crippen LogP contribution < -0.4 is 14.3 Å². The van der Waals surface area contributed by atoms with Gasteiger partial charge in [0.2, 0.25) is 21.9 Å². The average molecular weight is 558 g/mol. The van der Waals surface area contributed by atoms with Gasteiger partial charge in [0.15, 0.2) is 0 Å². The van der Waals surface area contributed by atoms with Crippen molar-refractivity contribution in [1.29, 1.82) is 0 Å². The third kappa shape index (κ3) is 7.04. The first kappa shape index (κ1) is 26.7. The van der Waals surface area contributed by atoms with Crippen molar-refractivity contribution < 1.29 is 21.6 Å². The van der Waals surface area contributed by atoms with E-state index in [9.17, 15) is 21.6 Å². The molecule has 0 spiro atoms. The second kappa shape index (κ2) is 10.4. The first-order valence-electron chi connectivity index (χ1n) is 9.92. The maximum Gasteiger partial charge on any atom is 0.264 e. The van der Waals surface area contributed by atoms with Crippen LogP contribution in [-0.4, -0.2) is 45.5 Å². The number of amides is 1. The van der Waals surface area contributed by atoms with Gasteiger partial charge in [0, 0.05) is 22.1 Å². The molecule has 14 heteroatoms. The minimum Gasteiger partial charge on any atom is -0.325 e. The van der Waals surface area contributed by atoms with Crippen LogP contribution in [0.4, 0.5) is 17.3 Å². The van der Waals surface area contributed by atoms with Gasteiger partial charge < -0.3 is 5.32 Å². The SMILES string of the molecule is Cc1cc(C)nc(NS(=O)(=O)c2ccc(NC(=O)CN(c3cc(Cl)ccc3Cl)S(C)(=O)=O)cc2)n1. The van der Waals surface area contributed by atoms with E-state index in [1.54, 1.807) is 19.9 Å². The van der Waals surface area contributed by atoms with E-state index in [-0.39, 0.29) is 32.3 Å². The Morgan fingerprint density at radius 2 is 1.54 bits per heavy atom. The van der Waals surface area contributed by atoms with E-state index in [2.05, 4.69) is 20.0 Å². The predicted octanol–water partition coefficient (Wildman–Crippen LogP) is 3.61. The number of aryl methyl sites for hydroxylation is 2. The van der Waals surface area contributed by atoms with Gasteiger partial charge in [-0.1, -0.05) is 23.2 Å². The van der Waals surface area contributed by atoms with Gasteiger partial charge in [0.25, 0.3) is 10.0 Å². The summed E-state index contributed by atoms with van der Waals surface area (Å²) in [5.74, 6) is -0.732. The van der Waals surface area contributed by atoms with Gasteiger partial charge in [-0.2, -0.15) is 0 Å². The Bertz CT molecular complexity index is 1460. The van der Waals surface area contributed by atoms with Gasteiger partial charge in [-0.3, -0.25) is 9.10 Å². The molecule has 1 amide bonds. The van der Waals surface area contributed by atoms with Crippen LogP contribution in [-0.2, 0) is 24.8 Å². The molecule has 1 aromatic heterocycles. The van der Waals surface area contributed by atoms with Crippen LogP contribution in [0.5, 0.6) is 0 Å². The zero-order valence-electron chi connectivity index (χ0n) is 18.8. The first-order valence-corrected chi connectivity index (χ1v) is 14.0. The maximum absolute atomic E-state index is 12.7. The fourth-order valence-electron chi connectivity index (χ4n) is 3.06. The van der Waals surface area contributed by atoms with Gasteiger partial charge in [-0.25, -0.2) is 31.5 Å². The largest absolute Gasteiger partial charge is 0.325 e. The fraction of sp³-hybridized carbons (Fsp3) is 0.190. The van der Waals surface area contributed by atoms with Gasteiger partial charge in [-0.15, -0.1) is 0 Å². The molecule has 0 unspecified atom stereocenters. The number of rotatable bonds is 8. The number of benzene rings is 2. The number of halogens is 2. The first-order chi connectivity index (χ1) is 16.2. The van der Waals surface area contributed by atoms with Crippen LogP contribution in [0.2, 0.25) is 10.0 Å². The zero-order valence-corrected chi connectivity index (χ0v) is 21.9. The summed E-state index contributed by atoms with van der Waals surface area (Å²) < 4.78 is 53.0. The minimum absolute atomic E-state index is 0.0536. The number of sulfonamides is 2. The summed E-state index contributed by atoms with van der Waals surface area (Å²) in [6.45, 7) is 2.86. The number of carbonyl (C=O) groups excluding carboxylic acids is 1. The van der Waals surface area contributed by atoms with Crippen molar-refractivity contribution in [3.05, 3.63) is 70.0 Å². The summed E-state index contributed by atoms with van der Waals surface area (Å²) in [6.07, 6.45) is 0.934. The van der Waals surface area contributed by atoms with Gasteiger partial charge in [-0.05, 0) is 62.4 Å². The number of nitrogens with one attached hydrogen (secondary N) is 2. The molecule has 0 radical (unpaired) electrons. The minimum atomic E-state index is -3.98. The summed E-state index contributed by atoms with van der Waals surface area (Å²) in [7, 11) is -7.85. The van der Waals surface area contributed by atoms with E-state index in [1.807, 2.05) is 0 Å². The number of hydrogen-bond donors (Lipinski definition) is 2. The van der Waals surface area contributed by atoms with Crippen molar-refractivity contribution >= 4 is 66.5 Å².